The van der Waals surface area contributed by atoms with E-state index in [-0.39, 0.29) is 6.10 Å². The first-order chi connectivity index (χ1) is 6.22. The fourth-order valence-corrected chi connectivity index (χ4v) is 2.33. The van der Waals surface area contributed by atoms with Gasteiger partial charge in [0.05, 0.1) is 5.69 Å². The van der Waals surface area contributed by atoms with Crippen molar-refractivity contribution in [2.45, 2.75) is 32.9 Å². The standard InChI is InChI=1S/C9H16N2OS/c1-4-7(12-3)9-11-6(2)8(5-10)13-9/h7H,4-5,10H2,1-3H3. The first kappa shape index (κ1) is 10.6. The number of aromatic nitrogens is 1. The summed E-state index contributed by atoms with van der Waals surface area (Å²) in [4.78, 5) is 5.59. The van der Waals surface area contributed by atoms with Crippen molar-refractivity contribution in [1.29, 1.82) is 0 Å². The average molecular weight is 200 g/mol. The lowest BCUT2D eigenvalue weighted by Crippen LogP contribution is -1.98. The smallest absolute Gasteiger partial charge is 0.122 e. The van der Waals surface area contributed by atoms with Gasteiger partial charge in [-0.15, -0.1) is 11.3 Å². The molecule has 1 unspecified atom stereocenters. The van der Waals surface area contributed by atoms with E-state index < -0.39 is 0 Å². The van der Waals surface area contributed by atoms with Crippen LogP contribution in [0.25, 0.3) is 0 Å². The van der Waals surface area contributed by atoms with E-state index in [0.717, 1.165) is 22.0 Å². The Bertz CT molecular complexity index is 269. The SMILES string of the molecule is CCC(OC)c1nc(C)c(CN)s1. The second-order valence-electron chi connectivity index (χ2n) is 2.90. The molecule has 0 saturated heterocycles. The van der Waals surface area contributed by atoms with Crippen molar-refractivity contribution >= 4 is 11.3 Å². The normalized spacial score (nSPS) is 13.2. The van der Waals surface area contributed by atoms with Crippen molar-refractivity contribution in [2.24, 2.45) is 5.73 Å². The molecule has 0 saturated carbocycles. The van der Waals surface area contributed by atoms with Crippen molar-refractivity contribution in [3.8, 4) is 0 Å². The van der Waals surface area contributed by atoms with Crippen molar-refractivity contribution in [3.05, 3.63) is 15.6 Å². The number of thiazole rings is 1. The van der Waals surface area contributed by atoms with Gasteiger partial charge in [0.25, 0.3) is 0 Å². The summed E-state index contributed by atoms with van der Waals surface area (Å²) in [5.74, 6) is 0. The van der Waals surface area contributed by atoms with Gasteiger partial charge in [-0.25, -0.2) is 4.98 Å². The van der Waals surface area contributed by atoms with Gasteiger partial charge in [0, 0.05) is 18.5 Å². The molecule has 0 radical (unpaired) electrons. The van der Waals surface area contributed by atoms with Crippen molar-refractivity contribution in [2.75, 3.05) is 7.11 Å². The van der Waals surface area contributed by atoms with E-state index in [1.54, 1.807) is 18.4 Å². The molecular formula is C9H16N2OS. The summed E-state index contributed by atoms with van der Waals surface area (Å²) < 4.78 is 5.31. The van der Waals surface area contributed by atoms with Gasteiger partial charge in [-0.05, 0) is 13.3 Å². The molecule has 0 aliphatic carbocycles. The molecule has 3 nitrogen and oxygen atoms in total. The molecule has 1 rings (SSSR count). The molecule has 0 aliphatic rings. The van der Waals surface area contributed by atoms with Gasteiger partial charge in [0.2, 0.25) is 0 Å². The van der Waals surface area contributed by atoms with Crippen LogP contribution in [0, 0.1) is 6.92 Å². The van der Waals surface area contributed by atoms with Crippen molar-refractivity contribution in [1.82, 2.24) is 4.98 Å². The Morgan fingerprint density at radius 1 is 1.62 bits per heavy atom. The first-order valence-corrected chi connectivity index (χ1v) is 5.23. The van der Waals surface area contributed by atoms with Gasteiger partial charge in [0.15, 0.2) is 0 Å². The van der Waals surface area contributed by atoms with Crippen molar-refractivity contribution in [3.63, 3.8) is 0 Å². The Balaban J connectivity index is 2.88. The molecule has 0 amide bonds. The van der Waals surface area contributed by atoms with Gasteiger partial charge in [0.1, 0.15) is 11.1 Å². The van der Waals surface area contributed by atoms with Crippen LogP contribution in [0.5, 0.6) is 0 Å². The highest BCUT2D eigenvalue weighted by molar-refractivity contribution is 7.11. The number of ether oxygens (including phenoxy) is 1. The van der Waals surface area contributed by atoms with E-state index in [1.165, 1.54) is 0 Å². The maximum absolute atomic E-state index is 5.58. The molecule has 1 aromatic heterocycles. The minimum Gasteiger partial charge on any atom is -0.374 e. The van der Waals surface area contributed by atoms with Crippen LogP contribution in [0.1, 0.15) is 35.0 Å². The minimum atomic E-state index is 0.129. The number of nitrogens with zero attached hydrogens (tertiary/aromatic N) is 1. The quantitative estimate of drug-likeness (QED) is 0.808. The largest absolute Gasteiger partial charge is 0.374 e. The number of hydrogen-bond donors (Lipinski definition) is 1. The highest BCUT2D eigenvalue weighted by atomic mass is 32.1. The molecule has 2 N–H and O–H groups in total. The van der Waals surface area contributed by atoms with Crippen LogP contribution in [0.3, 0.4) is 0 Å². The van der Waals surface area contributed by atoms with Gasteiger partial charge >= 0.3 is 0 Å². The van der Waals surface area contributed by atoms with Gasteiger partial charge < -0.3 is 10.5 Å². The molecule has 0 aromatic carbocycles. The van der Waals surface area contributed by atoms with Crippen LogP contribution in [-0.4, -0.2) is 12.1 Å². The Kier molecular flexibility index (Phi) is 3.84. The summed E-state index contributed by atoms with van der Waals surface area (Å²) >= 11 is 1.66. The Morgan fingerprint density at radius 2 is 2.31 bits per heavy atom. The number of methoxy groups -OCH3 is 1. The summed E-state index contributed by atoms with van der Waals surface area (Å²) in [6.45, 7) is 4.65. The second-order valence-corrected chi connectivity index (χ2v) is 4.01. The lowest BCUT2D eigenvalue weighted by atomic mass is 10.3. The van der Waals surface area contributed by atoms with Gasteiger partial charge in [-0.2, -0.15) is 0 Å². The van der Waals surface area contributed by atoms with E-state index >= 15 is 0 Å². The maximum atomic E-state index is 5.58. The number of hydrogen-bond acceptors (Lipinski definition) is 4. The molecule has 1 heterocycles. The molecule has 0 bridgehead atoms. The summed E-state index contributed by atoms with van der Waals surface area (Å²) in [5, 5.41) is 1.04. The third kappa shape index (κ3) is 2.27. The predicted molar refractivity (Wildman–Crippen MR) is 54.8 cm³/mol. The van der Waals surface area contributed by atoms with Crippen LogP contribution >= 0.6 is 11.3 Å². The van der Waals surface area contributed by atoms with E-state index in [1.807, 2.05) is 6.92 Å². The van der Waals surface area contributed by atoms with Crippen LogP contribution in [0.15, 0.2) is 0 Å². The molecule has 0 aliphatic heterocycles. The number of nitrogens with two attached hydrogens (primary N) is 1. The molecule has 1 aromatic rings. The summed E-state index contributed by atoms with van der Waals surface area (Å²) in [6.07, 6.45) is 1.08. The Hall–Kier alpha value is -0.450. The average Bonchev–Trinajstić information content (AvgIpc) is 2.49. The fraction of sp³-hybridized carbons (Fsp3) is 0.667. The van der Waals surface area contributed by atoms with Gasteiger partial charge in [-0.1, -0.05) is 6.92 Å². The summed E-state index contributed by atoms with van der Waals surface area (Å²) in [5.41, 5.74) is 6.62. The molecule has 0 fully saturated rings. The van der Waals surface area contributed by atoms with Crippen LogP contribution in [0.4, 0.5) is 0 Å². The number of rotatable bonds is 4. The topological polar surface area (TPSA) is 48.1 Å². The van der Waals surface area contributed by atoms with E-state index in [4.69, 9.17) is 10.5 Å². The molecule has 74 valence electrons. The molecule has 4 heteroatoms. The van der Waals surface area contributed by atoms with Crippen molar-refractivity contribution < 1.29 is 4.74 Å². The molecule has 0 spiro atoms. The predicted octanol–water partition coefficient (Wildman–Crippen LogP) is 2.01. The lowest BCUT2D eigenvalue weighted by Gasteiger charge is -2.08. The van der Waals surface area contributed by atoms with Crippen LogP contribution in [-0.2, 0) is 11.3 Å². The number of aryl methyl sites for hydroxylation is 1. The Morgan fingerprint density at radius 3 is 2.69 bits per heavy atom. The highest BCUT2D eigenvalue weighted by Gasteiger charge is 2.14. The van der Waals surface area contributed by atoms with Gasteiger partial charge in [-0.3, -0.25) is 0 Å². The van der Waals surface area contributed by atoms with Crippen LogP contribution in [0.2, 0.25) is 0 Å². The molecule has 13 heavy (non-hydrogen) atoms. The van der Waals surface area contributed by atoms with E-state index in [0.29, 0.717) is 6.54 Å². The van der Waals surface area contributed by atoms with E-state index in [2.05, 4.69) is 11.9 Å². The zero-order chi connectivity index (χ0) is 9.84. The Labute approximate surface area is 82.9 Å². The first-order valence-electron chi connectivity index (χ1n) is 4.42. The second kappa shape index (κ2) is 4.69. The lowest BCUT2D eigenvalue weighted by molar-refractivity contribution is 0.0997. The van der Waals surface area contributed by atoms with Crippen LogP contribution < -0.4 is 5.73 Å². The maximum Gasteiger partial charge on any atom is 0.122 e. The highest BCUT2D eigenvalue weighted by Crippen LogP contribution is 2.27. The third-order valence-corrected chi connectivity index (χ3v) is 3.30. The zero-order valence-electron chi connectivity index (χ0n) is 8.33. The third-order valence-electron chi connectivity index (χ3n) is 2.03. The molecule has 1 atom stereocenters. The summed E-state index contributed by atoms with van der Waals surface area (Å²) in [7, 11) is 1.72. The zero-order valence-corrected chi connectivity index (χ0v) is 9.15. The minimum absolute atomic E-state index is 0.129. The molecular weight excluding hydrogens is 184 g/mol. The fourth-order valence-electron chi connectivity index (χ4n) is 1.22. The van der Waals surface area contributed by atoms with E-state index in [9.17, 15) is 0 Å². The summed E-state index contributed by atoms with van der Waals surface area (Å²) in [6, 6.07) is 0. The monoisotopic (exact) mass is 200 g/mol.